The quantitative estimate of drug-likeness (QED) is 0.634. The molecule has 1 aromatic carbocycles. The molecule has 0 saturated heterocycles. The molecule has 2 atom stereocenters. The van der Waals surface area contributed by atoms with Crippen LogP contribution in [0.3, 0.4) is 0 Å². The highest BCUT2D eigenvalue weighted by atomic mass is 16.3. The molecule has 0 spiro atoms. The molecule has 0 saturated carbocycles. The van der Waals surface area contributed by atoms with Gasteiger partial charge >= 0.3 is 0 Å². The third-order valence-electron chi connectivity index (χ3n) is 1.93. The summed E-state index contributed by atoms with van der Waals surface area (Å²) in [5.74, 6) is 0. The van der Waals surface area contributed by atoms with Crippen LogP contribution in [0.5, 0.6) is 0 Å². The molecule has 0 aliphatic heterocycles. The van der Waals surface area contributed by atoms with E-state index in [1.165, 1.54) is 0 Å². The van der Waals surface area contributed by atoms with Crippen molar-refractivity contribution in [3.63, 3.8) is 0 Å². The molecule has 1 aromatic rings. The van der Waals surface area contributed by atoms with Gasteiger partial charge in [-0.15, -0.1) is 0 Å². The lowest BCUT2D eigenvalue weighted by molar-refractivity contribution is 0.00422. The van der Waals surface area contributed by atoms with Crippen molar-refractivity contribution in [2.45, 2.75) is 18.6 Å². The van der Waals surface area contributed by atoms with Gasteiger partial charge in [-0.2, -0.15) is 0 Å². The first-order valence-electron chi connectivity index (χ1n) is 4.27. The molecule has 0 aliphatic carbocycles. The minimum absolute atomic E-state index is 0.120. The number of hydrogen-bond donors (Lipinski definition) is 3. The van der Waals surface area contributed by atoms with Crippen LogP contribution in [0.2, 0.25) is 0 Å². The van der Waals surface area contributed by atoms with Crippen molar-refractivity contribution in [2.24, 2.45) is 0 Å². The number of hydrogen-bond acceptors (Lipinski definition) is 3. The van der Waals surface area contributed by atoms with Gasteiger partial charge < -0.3 is 15.3 Å². The molecule has 3 heteroatoms. The molecule has 0 fully saturated rings. The minimum atomic E-state index is -0.909. The molecule has 2 unspecified atom stereocenters. The van der Waals surface area contributed by atoms with Crippen LogP contribution in [-0.2, 0) is 0 Å². The third kappa shape index (κ3) is 2.81. The van der Waals surface area contributed by atoms with E-state index in [4.69, 9.17) is 5.11 Å². The molecule has 0 bridgehead atoms. The van der Waals surface area contributed by atoms with Crippen molar-refractivity contribution in [2.75, 3.05) is 6.61 Å². The Bertz CT molecular complexity index is 235. The Morgan fingerprint density at radius 2 is 1.69 bits per heavy atom. The SMILES string of the molecule is OCCC(O)C(O)c1ccccc1. The van der Waals surface area contributed by atoms with Gasteiger partial charge in [-0.3, -0.25) is 0 Å². The van der Waals surface area contributed by atoms with Crippen molar-refractivity contribution in [3.05, 3.63) is 35.9 Å². The lowest BCUT2D eigenvalue weighted by Gasteiger charge is -2.16. The van der Waals surface area contributed by atoms with Crippen LogP contribution in [0.25, 0.3) is 0 Å². The Hall–Kier alpha value is -0.900. The zero-order chi connectivity index (χ0) is 9.68. The molecule has 0 heterocycles. The van der Waals surface area contributed by atoms with Crippen LogP contribution in [0.1, 0.15) is 18.1 Å². The van der Waals surface area contributed by atoms with Crippen molar-refractivity contribution in [1.82, 2.24) is 0 Å². The molecular formula is C10H14O3. The summed E-state index contributed by atoms with van der Waals surface area (Å²) in [6, 6.07) is 8.92. The lowest BCUT2D eigenvalue weighted by atomic mass is 10.0. The smallest absolute Gasteiger partial charge is 0.105 e. The highest BCUT2D eigenvalue weighted by Gasteiger charge is 2.16. The fourth-order valence-electron chi connectivity index (χ4n) is 1.16. The average Bonchev–Trinajstić information content (AvgIpc) is 2.18. The summed E-state index contributed by atoms with van der Waals surface area (Å²) in [4.78, 5) is 0. The van der Waals surface area contributed by atoms with Crippen LogP contribution >= 0.6 is 0 Å². The van der Waals surface area contributed by atoms with Crippen molar-refractivity contribution in [3.8, 4) is 0 Å². The predicted molar refractivity (Wildman–Crippen MR) is 49.1 cm³/mol. The van der Waals surface area contributed by atoms with Gasteiger partial charge in [-0.25, -0.2) is 0 Å². The van der Waals surface area contributed by atoms with Gasteiger partial charge in [-0.1, -0.05) is 30.3 Å². The monoisotopic (exact) mass is 182 g/mol. The van der Waals surface area contributed by atoms with Crippen molar-refractivity contribution in [1.29, 1.82) is 0 Å². The summed E-state index contributed by atoms with van der Waals surface area (Å²) < 4.78 is 0. The van der Waals surface area contributed by atoms with Gasteiger partial charge in [0.15, 0.2) is 0 Å². The zero-order valence-corrected chi connectivity index (χ0v) is 7.30. The van der Waals surface area contributed by atoms with E-state index in [0.29, 0.717) is 5.56 Å². The molecule has 0 aromatic heterocycles. The van der Waals surface area contributed by atoms with Gasteiger partial charge in [0.25, 0.3) is 0 Å². The Balaban J connectivity index is 2.62. The van der Waals surface area contributed by atoms with E-state index < -0.39 is 12.2 Å². The van der Waals surface area contributed by atoms with Crippen LogP contribution < -0.4 is 0 Å². The lowest BCUT2D eigenvalue weighted by Crippen LogP contribution is -2.19. The standard InChI is InChI=1S/C10H14O3/c11-7-6-9(12)10(13)8-4-2-1-3-5-8/h1-5,9-13H,6-7H2. The zero-order valence-electron chi connectivity index (χ0n) is 7.30. The second kappa shape index (κ2) is 4.97. The summed E-state index contributed by atoms with van der Waals surface area (Å²) in [6.45, 7) is -0.120. The predicted octanol–water partition coefficient (Wildman–Crippen LogP) is 0.463. The van der Waals surface area contributed by atoms with E-state index in [1.807, 2.05) is 6.07 Å². The van der Waals surface area contributed by atoms with Gasteiger partial charge in [0.1, 0.15) is 6.10 Å². The normalized spacial score (nSPS) is 15.3. The van der Waals surface area contributed by atoms with E-state index in [1.54, 1.807) is 24.3 Å². The Labute approximate surface area is 77.3 Å². The topological polar surface area (TPSA) is 60.7 Å². The molecular weight excluding hydrogens is 168 g/mol. The summed E-state index contributed by atoms with van der Waals surface area (Å²) in [6.07, 6.45) is -1.61. The van der Waals surface area contributed by atoms with E-state index >= 15 is 0 Å². The van der Waals surface area contributed by atoms with E-state index in [9.17, 15) is 10.2 Å². The second-order valence-corrected chi connectivity index (χ2v) is 2.94. The van der Waals surface area contributed by atoms with E-state index in [-0.39, 0.29) is 13.0 Å². The molecule has 3 nitrogen and oxygen atoms in total. The summed E-state index contributed by atoms with van der Waals surface area (Å²) in [7, 11) is 0. The maximum Gasteiger partial charge on any atom is 0.105 e. The Kier molecular flexibility index (Phi) is 3.89. The first-order valence-corrected chi connectivity index (χ1v) is 4.27. The van der Waals surface area contributed by atoms with E-state index in [2.05, 4.69) is 0 Å². The van der Waals surface area contributed by atoms with Crippen LogP contribution in [-0.4, -0.2) is 28.0 Å². The molecule has 1 rings (SSSR count). The molecule has 3 N–H and O–H groups in total. The number of benzene rings is 1. The third-order valence-corrected chi connectivity index (χ3v) is 1.93. The number of aliphatic hydroxyl groups excluding tert-OH is 3. The molecule has 72 valence electrons. The van der Waals surface area contributed by atoms with Gasteiger partial charge in [0.05, 0.1) is 6.10 Å². The first kappa shape index (κ1) is 10.2. The first-order chi connectivity index (χ1) is 6.25. The van der Waals surface area contributed by atoms with Crippen molar-refractivity contribution < 1.29 is 15.3 Å². The van der Waals surface area contributed by atoms with Crippen LogP contribution in [0, 0.1) is 0 Å². The van der Waals surface area contributed by atoms with Gasteiger partial charge in [0.2, 0.25) is 0 Å². The van der Waals surface area contributed by atoms with Gasteiger partial charge in [0, 0.05) is 6.61 Å². The molecule has 0 amide bonds. The minimum Gasteiger partial charge on any atom is -0.396 e. The molecule has 0 aliphatic rings. The van der Waals surface area contributed by atoms with Crippen molar-refractivity contribution >= 4 is 0 Å². The van der Waals surface area contributed by atoms with Crippen LogP contribution in [0.15, 0.2) is 30.3 Å². The largest absolute Gasteiger partial charge is 0.396 e. The molecule has 0 radical (unpaired) electrons. The summed E-state index contributed by atoms with van der Waals surface area (Å²) >= 11 is 0. The number of rotatable bonds is 4. The highest BCUT2D eigenvalue weighted by molar-refractivity contribution is 5.18. The Morgan fingerprint density at radius 1 is 1.08 bits per heavy atom. The van der Waals surface area contributed by atoms with Gasteiger partial charge in [-0.05, 0) is 12.0 Å². The molecule has 13 heavy (non-hydrogen) atoms. The fourth-order valence-corrected chi connectivity index (χ4v) is 1.16. The summed E-state index contributed by atoms with van der Waals surface area (Å²) in [5.41, 5.74) is 0.670. The average molecular weight is 182 g/mol. The van der Waals surface area contributed by atoms with E-state index in [0.717, 1.165) is 0 Å². The van der Waals surface area contributed by atoms with Crippen LogP contribution in [0.4, 0.5) is 0 Å². The fraction of sp³-hybridized carbons (Fsp3) is 0.400. The highest BCUT2D eigenvalue weighted by Crippen LogP contribution is 2.17. The maximum atomic E-state index is 9.56. The Morgan fingerprint density at radius 3 is 2.23 bits per heavy atom. The number of aliphatic hydroxyl groups is 3. The second-order valence-electron chi connectivity index (χ2n) is 2.94. The maximum absolute atomic E-state index is 9.56. The summed E-state index contributed by atoms with van der Waals surface area (Å²) in [5, 5.41) is 27.5.